The van der Waals surface area contributed by atoms with Crippen molar-refractivity contribution < 1.29 is 14.0 Å². The second-order valence-electron chi connectivity index (χ2n) is 6.85. The van der Waals surface area contributed by atoms with Gasteiger partial charge in [-0.2, -0.15) is 0 Å². The summed E-state index contributed by atoms with van der Waals surface area (Å²) >= 11 is 0. The van der Waals surface area contributed by atoms with E-state index in [0.717, 1.165) is 44.2 Å². The van der Waals surface area contributed by atoms with Crippen LogP contribution in [0.1, 0.15) is 46.6 Å². The molecule has 138 valence electrons. The van der Waals surface area contributed by atoms with Crippen LogP contribution in [0, 0.1) is 0 Å². The fourth-order valence-electron chi connectivity index (χ4n) is 3.50. The molecule has 3 aromatic rings. The quantitative estimate of drug-likeness (QED) is 0.734. The lowest BCUT2D eigenvalue weighted by Gasteiger charge is -2.21. The highest BCUT2D eigenvalue weighted by molar-refractivity contribution is 6.09. The van der Waals surface area contributed by atoms with Gasteiger partial charge in [-0.25, -0.2) is 0 Å². The zero-order valence-corrected chi connectivity index (χ0v) is 15.1. The number of fused-ring (bicyclic) bond motifs is 1. The third-order valence-corrected chi connectivity index (χ3v) is 4.95. The van der Waals surface area contributed by atoms with Crippen LogP contribution in [-0.4, -0.2) is 29.8 Å². The smallest absolute Gasteiger partial charge is 0.291 e. The first-order valence-electron chi connectivity index (χ1n) is 9.40. The van der Waals surface area contributed by atoms with Gasteiger partial charge in [0.15, 0.2) is 5.76 Å². The van der Waals surface area contributed by atoms with Gasteiger partial charge in [-0.05, 0) is 37.1 Å². The zero-order valence-electron chi connectivity index (χ0n) is 15.1. The van der Waals surface area contributed by atoms with Crippen molar-refractivity contribution in [3.63, 3.8) is 0 Å². The molecule has 5 nitrogen and oxygen atoms in total. The van der Waals surface area contributed by atoms with Crippen molar-refractivity contribution in [2.75, 3.05) is 18.4 Å². The molecule has 2 aromatic carbocycles. The molecule has 1 aliphatic heterocycles. The van der Waals surface area contributed by atoms with Gasteiger partial charge in [0, 0.05) is 18.5 Å². The lowest BCUT2D eigenvalue weighted by molar-refractivity contribution is 0.0762. The zero-order chi connectivity index (χ0) is 18.6. The number of benzene rings is 2. The van der Waals surface area contributed by atoms with Gasteiger partial charge in [-0.1, -0.05) is 43.2 Å². The Morgan fingerprint density at radius 1 is 0.889 bits per heavy atom. The molecule has 1 N–H and O–H groups in total. The molecule has 0 saturated carbocycles. The first-order valence-corrected chi connectivity index (χ1v) is 9.40. The fourth-order valence-corrected chi connectivity index (χ4v) is 3.50. The monoisotopic (exact) mass is 362 g/mol. The number of hydrogen-bond donors (Lipinski definition) is 1. The molecule has 2 heterocycles. The minimum atomic E-state index is -0.359. The molecule has 0 bridgehead atoms. The minimum absolute atomic E-state index is 0.0302. The SMILES string of the molecule is O=C(Nc1ccccc1C(=O)N1CCCCCC1)c1cc2ccccc2o1. The van der Waals surface area contributed by atoms with Crippen molar-refractivity contribution in [3.8, 4) is 0 Å². The van der Waals surface area contributed by atoms with Crippen LogP contribution in [0.3, 0.4) is 0 Å². The molecule has 0 atom stereocenters. The van der Waals surface area contributed by atoms with E-state index in [1.807, 2.05) is 41.3 Å². The van der Waals surface area contributed by atoms with Crippen molar-refractivity contribution in [1.29, 1.82) is 0 Å². The van der Waals surface area contributed by atoms with Gasteiger partial charge in [0.05, 0.1) is 11.3 Å². The Hall–Kier alpha value is -3.08. The molecular formula is C22H22N2O3. The van der Waals surface area contributed by atoms with Crippen LogP contribution in [0.2, 0.25) is 0 Å². The van der Waals surface area contributed by atoms with Crippen LogP contribution in [-0.2, 0) is 0 Å². The summed E-state index contributed by atoms with van der Waals surface area (Å²) in [5.41, 5.74) is 1.69. The molecule has 5 heteroatoms. The number of rotatable bonds is 3. The van der Waals surface area contributed by atoms with E-state index >= 15 is 0 Å². The highest BCUT2D eigenvalue weighted by Gasteiger charge is 2.21. The molecule has 1 fully saturated rings. The van der Waals surface area contributed by atoms with Gasteiger partial charge >= 0.3 is 0 Å². The molecule has 0 spiro atoms. The molecule has 0 unspecified atom stereocenters. The Morgan fingerprint density at radius 3 is 2.37 bits per heavy atom. The third-order valence-electron chi connectivity index (χ3n) is 4.95. The fraction of sp³-hybridized carbons (Fsp3) is 0.273. The third kappa shape index (κ3) is 3.72. The van der Waals surface area contributed by atoms with Crippen molar-refractivity contribution in [1.82, 2.24) is 4.90 Å². The van der Waals surface area contributed by atoms with Gasteiger partial charge in [-0.15, -0.1) is 0 Å². The summed E-state index contributed by atoms with van der Waals surface area (Å²) in [7, 11) is 0. The highest BCUT2D eigenvalue weighted by atomic mass is 16.3. The highest BCUT2D eigenvalue weighted by Crippen LogP contribution is 2.23. The van der Waals surface area contributed by atoms with Crippen LogP contribution in [0.5, 0.6) is 0 Å². The van der Waals surface area contributed by atoms with E-state index in [1.165, 1.54) is 0 Å². The summed E-state index contributed by atoms with van der Waals surface area (Å²) in [5, 5.41) is 3.72. The average Bonchev–Trinajstić information content (AvgIpc) is 2.95. The number of carbonyl (C=O) groups excluding carboxylic acids is 2. The van der Waals surface area contributed by atoms with Crippen molar-refractivity contribution >= 4 is 28.5 Å². The van der Waals surface area contributed by atoms with Crippen LogP contribution < -0.4 is 5.32 Å². The molecule has 4 rings (SSSR count). The molecular weight excluding hydrogens is 340 g/mol. The van der Waals surface area contributed by atoms with Crippen LogP contribution in [0.4, 0.5) is 5.69 Å². The normalized spacial score (nSPS) is 14.7. The molecule has 1 saturated heterocycles. The largest absolute Gasteiger partial charge is 0.451 e. The van der Waals surface area contributed by atoms with Gasteiger partial charge in [0.2, 0.25) is 0 Å². The summed E-state index contributed by atoms with van der Waals surface area (Å²) in [6.07, 6.45) is 4.38. The number of anilines is 1. The molecule has 27 heavy (non-hydrogen) atoms. The second-order valence-corrected chi connectivity index (χ2v) is 6.85. The van der Waals surface area contributed by atoms with Crippen molar-refractivity contribution in [2.45, 2.75) is 25.7 Å². The summed E-state index contributed by atoms with van der Waals surface area (Å²) in [6, 6.07) is 16.3. The Labute approximate surface area is 158 Å². The summed E-state index contributed by atoms with van der Waals surface area (Å²) in [4.78, 5) is 27.5. The predicted molar refractivity (Wildman–Crippen MR) is 105 cm³/mol. The number of hydrogen-bond acceptors (Lipinski definition) is 3. The standard InChI is InChI=1S/C22H22N2O3/c25-21(20-15-16-9-3-6-12-19(16)27-20)23-18-11-5-4-10-17(18)22(26)24-13-7-1-2-8-14-24/h3-6,9-12,15H,1-2,7-8,13-14H2,(H,23,25). The van der Waals surface area contributed by atoms with Crippen molar-refractivity contribution in [2.24, 2.45) is 0 Å². The lowest BCUT2D eigenvalue weighted by Crippen LogP contribution is -2.32. The number of amides is 2. The number of para-hydroxylation sites is 2. The Morgan fingerprint density at radius 2 is 1.59 bits per heavy atom. The number of carbonyl (C=O) groups is 2. The maximum absolute atomic E-state index is 13.0. The summed E-state index contributed by atoms with van der Waals surface area (Å²) in [5.74, 6) is -0.159. The van der Waals surface area contributed by atoms with Gasteiger partial charge in [0.25, 0.3) is 11.8 Å². The summed E-state index contributed by atoms with van der Waals surface area (Å²) < 4.78 is 5.63. The molecule has 0 aliphatic carbocycles. The maximum Gasteiger partial charge on any atom is 0.291 e. The predicted octanol–water partition coefficient (Wildman–Crippen LogP) is 4.70. The number of likely N-dealkylation sites (tertiary alicyclic amines) is 1. The lowest BCUT2D eigenvalue weighted by atomic mass is 10.1. The van der Waals surface area contributed by atoms with Crippen LogP contribution in [0.25, 0.3) is 11.0 Å². The average molecular weight is 362 g/mol. The first-order chi connectivity index (χ1) is 13.2. The first kappa shape index (κ1) is 17.3. The van der Waals surface area contributed by atoms with E-state index in [2.05, 4.69) is 5.32 Å². The Balaban J connectivity index is 1.57. The van der Waals surface area contributed by atoms with E-state index in [9.17, 15) is 9.59 Å². The Bertz CT molecular complexity index is 935. The van der Waals surface area contributed by atoms with E-state index < -0.39 is 0 Å². The maximum atomic E-state index is 13.0. The van der Waals surface area contributed by atoms with E-state index in [4.69, 9.17) is 4.42 Å². The van der Waals surface area contributed by atoms with Gasteiger partial charge in [-0.3, -0.25) is 9.59 Å². The molecule has 2 amide bonds. The van der Waals surface area contributed by atoms with Crippen LogP contribution in [0.15, 0.2) is 59.0 Å². The number of nitrogens with one attached hydrogen (secondary N) is 1. The van der Waals surface area contributed by atoms with Crippen LogP contribution >= 0.6 is 0 Å². The Kier molecular flexibility index (Phi) is 4.92. The van der Waals surface area contributed by atoms with Crippen molar-refractivity contribution in [3.05, 3.63) is 65.9 Å². The molecule has 1 aliphatic rings. The second kappa shape index (κ2) is 7.66. The molecule has 1 aromatic heterocycles. The number of furan rings is 1. The number of nitrogens with zero attached hydrogens (tertiary/aromatic N) is 1. The molecule has 0 radical (unpaired) electrons. The van der Waals surface area contributed by atoms with E-state index in [-0.39, 0.29) is 17.6 Å². The van der Waals surface area contributed by atoms with Gasteiger partial charge in [0.1, 0.15) is 5.58 Å². The van der Waals surface area contributed by atoms with Gasteiger partial charge < -0.3 is 14.6 Å². The van der Waals surface area contributed by atoms with E-state index in [0.29, 0.717) is 16.8 Å². The minimum Gasteiger partial charge on any atom is -0.451 e. The summed E-state index contributed by atoms with van der Waals surface area (Å²) in [6.45, 7) is 1.54. The topological polar surface area (TPSA) is 62.6 Å². The van der Waals surface area contributed by atoms with E-state index in [1.54, 1.807) is 18.2 Å².